The van der Waals surface area contributed by atoms with E-state index in [-0.39, 0.29) is 0 Å². The van der Waals surface area contributed by atoms with Crippen molar-refractivity contribution in [2.24, 2.45) is 11.7 Å². The van der Waals surface area contributed by atoms with Crippen LogP contribution in [0.4, 0.5) is 0 Å². The van der Waals surface area contributed by atoms with Crippen LogP contribution in [0.15, 0.2) is 27.3 Å². The highest BCUT2D eigenvalue weighted by Crippen LogP contribution is 2.30. The number of furan rings is 1. The molecule has 0 amide bonds. The lowest BCUT2D eigenvalue weighted by atomic mass is 10.0. The summed E-state index contributed by atoms with van der Waals surface area (Å²) in [5, 5.41) is 4.06. The first-order valence-electron chi connectivity index (χ1n) is 7.62. The number of rotatable bonds is 6. The molecule has 1 aliphatic rings. The third kappa shape index (κ3) is 3.01. The van der Waals surface area contributed by atoms with Gasteiger partial charge >= 0.3 is 0 Å². The molecular formula is C15H22N4O2. The van der Waals surface area contributed by atoms with Crippen LogP contribution in [0.5, 0.6) is 0 Å². The first-order chi connectivity index (χ1) is 10.3. The molecule has 21 heavy (non-hydrogen) atoms. The van der Waals surface area contributed by atoms with E-state index < -0.39 is 0 Å². The third-order valence-corrected chi connectivity index (χ3v) is 4.34. The van der Waals surface area contributed by atoms with E-state index in [1.807, 2.05) is 12.1 Å². The number of hydrogen-bond acceptors (Lipinski definition) is 6. The number of hydrogen-bond donors (Lipinski definition) is 1. The fourth-order valence-corrected chi connectivity index (χ4v) is 3.24. The highest BCUT2D eigenvalue weighted by Gasteiger charge is 2.31. The molecule has 1 saturated carbocycles. The maximum absolute atomic E-state index is 5.89. The largest absolute Gasteiger partial charge is 0.459 e. The molecule has 114 valence electrons. The summed E-state index contributed by atoms with van der Waals surface area (Å²) in [6.07, 6.45) is 5.29. The minimum absolute atomic E-state index is 0.438. The predicted octanol–water partition coefficient (Wildman–Crippen LogP) is 2.28. The minimum Gasteiger partial charge on any atom is -0.459 e. The van der Waals surface area contributed by atoms with E-state index in [4.69, 9.17) is 14.7 Å². The Morgan fingerprint density at radius 1 is 1.43 bits per heavy atom. The van der Waals surface area contributed by atoms with E-state index in [9.17, 15) is 0 Å². The molecule has 2 aromatic rings. The zero-order valence-corrected chi connectivity index (χ0v) is 12.4. The fraction of sp³-hybridized carbons (Fsp3) is 0.600. The Kier molecular flexibility index (Phi) is 4.36. The first kappa shape index (κ1) is 14.3. The van der Waals surface area contributed by atoms with E-state index >= 15 is 0 Å². The number of nitrogens with two attached hydrogens (primary N) is 1. The van der Waals surface area contributed by atoms with E-state index in [1.165, 1.54) is 19.3 Å². The smallest absolute Gasteiger partial charge is 0.293 e. The van der Waals surface area contributed by atoms with E-state index in [1.54, 1.807) is 6.26 Å². The molecule has 0 bridgehead atoms. The molecule has 0 radical (unpaired) electrons. The van der Waals surface area contributed by atoms with Crippen LogP contribution in [0, 0.1) is 5.92 Å². The zero-order valence-electron chi connectivity index (χ0n) is 12.4. The zero-order chi connectivity index (χ0) is 14.7. The van der Waals surface area contributed by atoms with E-state index in [2.05, 4.69) is 22.0 Å². The van der Waals surface area contributed by atoms with Gasteiger partial charge in [0, 0.05) is 6.04 Å². The van der Waals surface area contributed by atoms with Gasteiger partial charge in [-0.1, -0.05) is 18.5 Å². The van der Waals surface area contributed by atoms with Crippen LogP contribution < -0.4 is 5.73 Å². The van der Waals surface area contributed by atoms with Gasteiger partial charge in [-0.05, 0) is 44.0 Å². The van der Waals surface area contributed by atoms with Gasteiger partial charge in [0.15, 0.2) is 11.6 Å². The monoisotopic (exact) mass is 290 g/mol. The van der Waals surface area contributed by atoms with Crippen molar-refractivity contribution in [3.63, 3.8) is 0 Å². The number of aromatic nitrogens is 2. The maximum atomic E-state index is 5.89. The van der Waals surface area contributed by atoms with Crippen LogP contribution in [0.2, 0.25) is 0 Å². The van der Waals surface area contributed by atoms with Gasteiger partial charge in [0.1, 0.15) is 0 Å². The van der Waals surface area contributed by atoms with Crippen molar-refractivity contribution in [3.8, 4) is 11.7 Å². The Labute approximate surface area is 124 Å². The Hall–Kier alpha value is -1.66. The van der Waals surface area contributed by atoms with Gasteiger partial charge in [0.25, 0.3) is 5.89 Å². The highest BCUT2D eigenvalue weighted by molar-refractivity contribution is 5.42. The van der Waals surface area contributed by atoms with Crippen LogP contribution in [0.1, 0.15) is 32.0 Å². The maximum Gasteiger partial charge on any atom is 0.293 e. The molecule has 2 atom stereocenters. The lowest BCUT2D eigenvalue weighted by molar-refractivity contribution is 0.156. The van der Waals surface area contributed by atoms with Gasteiger partial charge in [-0.15, -0.1) is 0 Å². The van der Waals surface area contributed by atoms with Crippen molar-refractivity contribution in [2.75, 3.05) is 13.1 Å². The molecule has 2 aromatic heterocycles. The molecule has 1 fully saturated rings. The van der Waals surface area contributed by atoms with Crippen LogP contribution in [0.3, 0.4) is 0 Å². The van der Waals surface area contributed by atoms with Crippen molar-refractivity contribution in [1.82, 2.24) is 15.0 Å². The van der Waals surface area contributed by atoms with E-state index in [0.717, 1.165) is 13.1 Å². The molecule has 0 aromatic carbocycles. The summed E-state index contributed by atoms with van der Waals surface area (Å²) in [5.74, 6) is 2.33. The Morgan fingerprint density at radius 3 is 3.05 bits per heavy atom. The molecule has 2 unspecified atom stereocenters. The summed E-state index contributed by atoms with van der Waals surface area (Å²) in [6, 6.07) is 4.16. The van der Waals surface area contributed by atoms with Gasteiger partial charge in [0.05, 0.1) is 12.8 Å². The molecule has 3 rings (SSSR count). The lowest BCUT2D eigenvalue weighted by Gasteiger charge is -2.30. The van der Waals surface area contributed by atoms with Gasteiger partial charge in [-0.2, -0.15) is 4.98 Å². The van der Waals surface area contributed by atoms with E-state index in [0.29, 0.717) is 36.0 Å². The fourth-order valence-electron chi connectivity index (χ4n) is 3.24. The molecule has 6 nitrogen and oxygen atoms in total. The normalized spacial score (nSPS) is 22.2. The van der Waals surface area contributed by atoms with Crippen molar-refractivity contribution in [2.45, 2.75) is 38.8 Å². The second-order valence-corrected chi connectivity index (χ2v) is 5.55. The summed E-state index contributed by atoms with van der Waals surface area (Å²) in [4.78, 5) is 6.82. The summed E-state index contributed by atoms with van der Waals surface area (Å²) in [7, 11) is 0. The molecule has 0 spiro atoms. The first-order valence-corrected chi connectivity index (χ1v) is 7.62. The Bertz CT molecular complexity index is 552. The molecule has 1 aliphatic carbocycles. The molecule has 2 heterocycles. The SMILES string of the molecule is CCN(Cc1noc(-c2ccco2)n1)C1CCCC1CN. The molecule has 0 saturated heterocycles. The second kappa shape index (κ2) is 6.41. The highest BCUT2D eigenvalue weighted by atomic mass is 16.5. The average Bonchev–Trinajstić information content (AvgIpc) is 3.23. The van der Waals surface area contributed by atoms with Crippen molar-refractivity contribution < 1.29 is 8.94 Å². The van der Waals surface area contributed by atoms with Gasteiger partial charge < -0.3 is 14.7 Å². The topological polar surface area (TPSA) is 81.3 Å². The van der Waals surface area contributed by atoms with Crippen LogP contribution >= 0.6 is 0 Å². The molecular weight excluding hydrogens is 268 g/mol. The average molecular weight is 290 g/mol. The van der Waals surface area contributed by atoms with Crippen molar-refractivity contribution in [1.29, 1.82) is 0 Å². The minimum atomic E-state index is 0.438. The quantitative estimate of drug-likeness (QED) is 0.879. The molecule has 6 heteroatoms. The number of nitrogens with zero attached hydrogens (tertiary/aromatic N) is 3. The summed E-state index contributed by atoms with van der Waals surface area (Å²) in [6.45, 7) is 4.58. The van der Waals surface area contributed by atoms with Crippen LogP contribution in [-0.4, -0.2) is 34.2 Å². The van der Waals surface area contributed by atoms with Crippen molar-refractivity contribution >= 4 is 0 Å². The standard InChI is InChI=1S/C15H22N4O2/c1-2-19(12-6-3-5-11(12)9-16)10-14-17-15(21-18-14)13-7-4-8-20-13/h4,7-8,11-12H,2-3,5-6,9-10,16H2,1H3. The summed E-state index contributed by atoms with van der Waals surface area (Å²) >= 11 is 0. The summed E-state index contributed by atoms with van der Waals surface area (Å²) < 4.78 is 10.5. The van der Waals surface area contributed by atoms with Crippen molar-refractivity contribution in [3.05, 3.63) is 24.2 Å². The third-order valence-electron chi connectivity index (χ3n) is 4.34. The summed E-state index contributed by atoms with van der Waals surface area (Å²) in [5.41, 5.74) is 5.89. The second-order valence-electron chi connectivity index (χ2n) is 5.55. The molecule has 0 aliphatic heterocycles. The predicted molar refractivity (Wildman–Crippen MR) is 78.3 cm³/mol. The van der Waals surface area contributed by atoms with Gasteiger partial charge in [-0.3, -0.25) is 4.90 Å². The Morgan fingerprint density at radius 2 is 2.33 bits per heavy atom. The van der Waals surface area contributed by atoms with Crippen LogP contribution in [-0.2, 0) is 6.54 Å². The Balaban J connectivity index is 1.69. The van der Waals surface area contributed by atoms with Gasteiger partial charge in [0.2, 0.25) is 0 Å². The van der Waals surface area contributed by atoms with Gasteiger partial charge in [-0.25, -0.2) is 0 Å². The molecule has 2 N–H and O–H groups in total. The lowest BCUT2D eigenvalue weighted by Crippen LogP contribution is -2.40. The van der Waals surface area contributed by atoms with Crippen LogP contribution in [0.25, 0.3) is 11.7 Å².